The molecule has 4 nitrogen and oxygen atoms in total. The van der Waals surface area contributed by atoms with Crippen LogP contribution in [0.2, 0.25) is 0 Å². The third kappa shape index (κ3) is 2.63. The second-order valence-electron chi connectivity index (χ2n) is 6.91. The highest BCUT2D eigenvalue weighted by molar-refractivity contribution is 8.00. The summed E-state index contributed by atoms with van der Waals surface area (Å²) < 4.78 is 0. The third-order valence-corrected chi connectivity index (χ3v) is 7.05. The van der Waals surface area contributed by atoms with Gasteiger partial charge in [0.25, 0.3) is 0 Å². The maximum absolute atomic E-state index is 3.95. The molecule has 0 aromatic heterocycles. The molecule has 2 aliphatic carbocycles. The molecule has 0 spiro atoms. The number of hydrogen-bond donors (Lipinski definition) is 4. The molecule has 114 valence electrons. The lowest BCUT2D eigenvalue weighted by molar-refractivity contribution is 0.105. The van der Waals surface area contributed by atoms with Crippen molar-refractivity contribution in [3.05, 3.63) is 0 Å². The molecule has 2 heterocycles. The van der Waals surface area contributed by atoms with Crippen LogP contribution in [0.5, 0.6) is 0 Å². The lowest BCUT2D eigenvalue weighted by Gasteiger charge is -2.48. The molecule has 2 saturated heterocycles. The fraction of sp³-hybridized carbons (Fsp3) is 1.00. The Hall–Kier alpha value is 0.190. The molecule has 4 rings (SSSR count). The summed E-state index contributed by atoms with van der Waals surface area (Å²) >= 11 is 2.13. The molecule has 0 aromatic rings. The van der Waals surface area contributed by atoms with Crippen LogP contribution in [0.1, 0.15) is 44.9 Å². The molecule has 5 heteroatoms. The topological polar surface area (TPSA) is 48.1 Å². The largest absolute Gasteiger partial charge is 0.302 e. The van der Waals surface area contributed by atoms with Crippen LogP contribution in [0.15, 0.2) is 0 Å². The summed E-state index contributed by atoms with van der Waals surface area (Å²) in [6, 6.07) is 2.10. The molecular weight excluding hydrogens is 268 g/mol. The highest BCUT2D eigenvalue weighted by Crippen LogP contribution is 2.38. The van der Waals surface area contributed by atoms with E-state index in [1.807, 2.05) is 0 Å². The zero-order valence-corrected chi connectivity index (χ0v) is 13.1. The van der Waals surface area contributed by atoms with Crippen LogP contribution in [0, 0.1) is 5.92 Å². The van der Waals surface area contributed by atoms with Crippen LogP contribution in [-0.2, 0) is 0 Å². The Morgan fingerprint density at radius 1 is 0.850 bits per heavy atom. The standard InChI is InChI=1S/C15H28N4S/c1-2-4-10(5-3-1)19-15-11-6-7-12-14(18-9-20-12)13(11)16-8-17-15/h10-19H,1-9H2. The molecule has 5 unspecified atom stereocenters. The average molecular weight is 296 g/mol. The van der Waals surface area contributed by atoms with E-state index in [9.17, 15) is 0 Å². The fourth-order valence-corrected chi connectivity index (χ4v) is 5.98. The average Bonchev–Trinajstić information content (AvgIpc) is 2.97. The smallest absolute Gasteiger partial charge is 0.0628 e. The molecule has 0 amide bonds. The fourth-order valence-electron chi connectivity index (χ4n) is 4.71. The number of hydrogen-bond acceptors (Lipinski definition) is 5. The monoisotopic (exact) mass is 296 g/mol. The van der Waals surface area contributed by atoms with Crippen LogP contribution < -0.4 is 21.3 Å². The van der Waals surface area contributed by atoms with Crippen LogP contribution in [-0.4, -0.2) is 42.1 Å². The van der Waals surface area contributed by atoms with E-state index in [0.29, 0.717) is 18.2 Å². The minimum atomic E-state index is 0.526. The van der Waals surface area contributed by atoms with Crippen molar-refractivity contribution in [1.82, 2.24) is 21.3 Å². The first-order valence-corrected chi connectivity index (χ1v) is 9.54. The Morgan fingerprint density at radius 3 is 2.65 bits per heavy atom. The zero-order chi connectivity index (χ0) is 13.4. The first-order valence-electron chi connectivity index (χ1n) is 8.49. The number of thioether (sulfide) groups is 1. The maximum atomic E-state index is 3.95. The van der Waals surface area contributed by atoms with E-state index in [-0.39, 0.29) is 0 Å². The number of rotatable bonds is 2. The van der Waals surface area contributed by atoms with Crippen molar-refractivity contribution in [1.29, 1.82) is 0 Å². The van der Waals surface area contributed by atoms with Gasteiger partial charge in [0.1, 0.15) is 0 Å². The quantitative estimate of drug-likeness (QED) is 0.617. The summed E-state index contributed by atoms with van der Waals surface area (Å²) in [5, 5.41) is 15.9. The third-order valence-electron chi connectivity index (χ3n) is 5.76. The van der Waals surface area contributed by atoms with Gasteiger partial charge < -0.3 is 5.32 Å². The molecule has 2 saturated carbocycles. The summed E-state index contributed by atoms with van der Waals surface area (Å²) in [4.78, 5) is 0. The lowest BCUT2D eigenvalue weighted by Crippen LogP contribution is -2.70. The molecule has 0 aromatic carbocycles. The van der Waals surface area contributed by atoms with Crippen molar-refractivity contribution in [3.8, 4) is 0 Å². The summed E-state index contributed by atoms with van der Waals surface area (Å²) in [6.45, 7) is 0.959. The van der Waals surface area contributed by atoms with Gasteiger partial charge in [-0.05, 0) is 25.7 Å². The van der Waals surface area contributed by atoms with Gasteiger partial charge in [-0.15, -0.1) is 11.8 Å². The first kappa shape index (κ1) is 13.8. The summed E-state index contributed by atoms with van der Waals surface area (Å²) in [6.07, 6.45) is 10.3. The van der Waals surface area contributed by atoms with Gasteiger partial charge in [-0.1, -0.05) is 19.3 Å². The Kier molecular flexibility index (Phi) is 4.24. The van der Waals surface area contributed by atoms with Gasteiger partial charge >= 0.3 is 0 Å². The van der Waals surface area contributed by atoms with Crippen LogP contribution in [0.25, 0.3) is 0 Å². The van der Waals surface area contributed by atoms with E-state index in [0.717, 1.165) is 29.8 Å². The van der Waals surface area contributed by atoms with Crippen molar-refractivity contribution < 1.29 is 0 Å². The highest BCUT2D eigenvalue weighted by atomic mass is 32.2. The normalized spacial score (nSPS) is 45.9. The van der Waals surface area contributed by atoms with Gasteiger partial charge in [0, 0.05) is 41.8 Å². The van der Waals surface area contributed by atoms with Crippen molar-refractivity contribution in [3.63, 3.8) is 0 Å². The maximum Gasteiger partial charge on any atom is 0.0628 e. The second kappa shape index (κ2) is 6.13. The Bertz CT molecular complexity index is 334. The van der Waals surface area contributed by atoms with E-state index < -0.39 is 0 Å². The molecule has 0 radical (unpaired) electrons. The van der Waals surface area contributed by atoms with Crippen molar-refractivity contribution >= 4 is 11.8 Å². The van der Waals surface area contributed by atoms with E-state index in [4.69, 9.17) is 0 Å². The van der Waals surface area contributed by atoms with E-state index in [1.165, 1.54) is 44.9 Å². The number of nitrogens with one attached hydrogen (secondary N) is 4. The predicted molar refractivity (Wildman–Crippen MR) is 84.6 cm³/mol. The molecule has 4 aliphatic rings. The number of fused-ring (bicyclic) bond motifs is 3. The molecular formula is C15H28N4S. The lowest BCUT2D eigenvalue weighted by atomic mass is 9.77. The SMILES string of the molecule is C1CCC(NC2NCNC3C2CCC2SCNC23)CC1. The second-order valence-corrected chi connectivity index (χ2v) is 8.14. The van der Waals surface area contributed by atoms with Crippen molar-refractivity contribution in [2.45, 2.75) is 74.5 Å². The molecule has 5 atom stereocenters. The molecule has 2 aliphatic heterocycles. The van der Waals surface area contributed by atoms with Gasteiger partial charge in [-0.2, -0.15) is 0 Å². The van der Waals surface area contributed by atoms with E-state index in [2.05, 4.69) is 33.0 Å². The van der Waals surface area contributed by atoms with Gasteiger partial charge in [-0.3, -0.25) is 16.0 Å². The zero-order valence-electron chi connectivity index (χ0n) is 12.2. The van der Waals surface area contributed by atoms with Gasteiger partial charge in [0.2, 0.25) is 0 Å². The minimum Gasteiger partial charge on any atom is -0.302 e. The molecule has 4 fully saturated rings. The van der Waals surface area contributed by atoms with Crippen LogP contribution in [0.4, 0.5) is 0 Å². The summed E-state index contributed by atoms with van der Waals surface area (Å²) in [7, 11) is 0. The van der Waals surface area contributed by atoms with Gasteiger partial charge in [0.05, 0.1) is 6.17 Å². The van der Waals surface area contributed by atoms with Gasteiger partial charge in [-0.25, -0.2) is 0 Å². The van der Waals surface area contributed by atoms with Crippen LogP contribution in [0.3, 0.4) is 0 Å². The first-order chi connectivity index (χ1) is 9.92. The van der Waals surface area contributed by atoms with Crippen molar-refractivity contribution in [2.75, 3.05) is 12.5 Å². The van der Waals surface area contributed by atoms with Crippen molar-refractivity contribution in [2.24, 2.45) is 5.92 Å². The van der Waals surface area contributed by atoms with Gasteiger partial charge in [0.15, 0.2) is 0 Å². The Labute approximate surface area is 126 Å². The minimum absolute atomic E-state index is 0.526. The van der Waals surface area contributed by atoms with E-state index >= 15 is 0 Å². The highest BCUT2D eigenvalue weighted by Gasteiger charge is 2.46. The van der Waals surface area contributed by atoms with E-state index in [1.54, 1.807) is 0 Å². The van der Waals surface area contributed by atoms with Crippen LogP contribution >= 0.6 is 11.8 Å². The molecule has 20 heavy (non-hydrogen) atoms. The molecule has 0 bridgehead atoms. The molecule has 4 N–H and O–H groups in total. The summed E-state index contributed by atoms with van der Waals surface area (Å²) in [5.74, 6) is 1.90. The Morgan fingerprint density at radius 2 is 1.75 bits per heavy atom. The Balaban J connectivity index is 1.42. The predicted octanol–water partition coefficient (Wildman–Crippen LogP) is 1.19. The summed E-state index contributed by atoms with van der Waals surface area (Å²) in [5.41, 5.74) is 0.